The van der Waals surface area contributed by atoms with E-state index in [4.69, 9.17) is 0 Å². The number of benzene rings is 1. The molecule has 1 N–H and O–H groups in total. The van der Waals surface area contributed by atoms with Crippen molar-refractivity contribution in [1.29, 1.82) is 0 Å². The first-order valence-electron chi connectivity index (χ1n) is 12.0. The molecule has 1 unspecified atom stereocenters. The van der Waals surface area contributed by atoms with E-state index in [1.54, 1.807) is 0 Å². The SMILES string of the molecule is O=C(CC1CCCN(S(=O)(=O)c2ccccc2C(F)(F)F)C1)NC12CC3CC(CC(C3)C1)C2. The number of carbonyl (C=O) groups excluding carboxylic acids is 1. The van der Waals surface area contributed by atoms with Crippen LogP contribution >= 0.6 is 0 Å². The number of piperidine rings is 1. The van der Waals surface area contributed by atoms with E-state index in [2.05, 4.69) is 5.32 Å². The quantitative estimate of drug-likeness (QED) is 0.665. The molecule has 0 aromatic heterocycles. The highest BCUT2D eigenvalue weighted by Crippen LogP contribution is 2.55. The Morgan fingerprint density at radius 1 is 1.06 bits per heavy atom. The standard InChI is InChI=1S/C24H31F3N2O3S/c25-24(26,27)20-5-1-2-6-21(20)33(31,32)29-7-3-4-16(15-29)11-22(30)28-23-12-17-8-18(13-23)10-19(9-17)14-23/h1-2,5-6,16-19H,3-4,7-15H2,(H,28,30). The van der Waals surface area contributed by atoms with Gasteiger partial charge in [0.1, 0.15) is 0 Å². The van der Waals surface area contributed by atoms with Crippen molar-refractivity contribution in [3.8, 4) is 0 Å². The summed E-state index contributed by atoms with van der Waals surface area (Å²) in [5.74, 6) is 1.89. The lowest BCUT2D eigenvalue weighted by atomic mass is 9.53. The second-order valence-electron chi connectivity index (χ2n) is 10.8. The maximum Gasteiger partial charge on any atom is 0.417 e. The second-order valence-corrected chi connectivity index (χ2v) is 12.7. The van der Waals surface area contributed by atoms with Crippen molar-refractivity contribution in [3.63, 3.8) is 0 Å². The second kappa shape index (κ2) is 8.26. The number of nitrogens with zero attached hydrogens (tertiary/aromatic N) is 1. The van der Waals surface area contributed by atoms with Crippen molar-refractivity contribution in [2.45, 2.75) is 74.4 Å². The molecule has 9 heteroatoms. The number of rotatable bonds is 5. The van der Waals surface area contributed by atoms with Gasteiger partial charge in [-0.3, -0.25) is 4.79 Å². The molecule has 1 aromatic carbocycles. The van der Waals surface area contributed by atoms with Crippen LogP contribution in [0.1, 0.15) is 63.4 Å². The minimum absolute atomic E-state index is 0.0445. The summed E-state index contributed by atoms with van der Waals surface area (Å²) in [6, 6.07) is 4.31. The van der Waals surface area contributed by atoms with E-state index in [1.165, 1.54) is 31.4 Å². The molecular formula is C24H31F3N2O3S. The van der Waals surface area contributed by atoms with Crippen molar-refractivity contribution < 1.29 is 26.4 Å². The Morgan fingerprint density at radius 3 is 2.27 bits per heavy atom. The lowest BCUT2D eigenvalue weighted by molar-refractivity contribution is -0.140. The largest absolute Gasteiger partial charge is 0.417 e. The predicted octanol–water partition coefficient (Wildman–Crippen LogP) is 4.58. The van der Waals surface area contributed by atoms with Gasteiger partial charge in [0.15, 0.2) is 0 Å². The first-order valence-corrected chi connectivity index (χ1v) is 13.5. The zero-order chi connectivity index (χ0) is 23.4. The predicted molar refractivity (Wildman–Crippen MR) is 117 cm³/mol. The van der Waals surface area contributed by atoms with Crippen LogP contribution in [0.4, 0.5) is 13.2 Å². The van der Waals surface area contributed by atoms with E-state index in [0.717, 1.165) is 35.7 Å². The first kappa shape index (κ1) is 23.1. The van der Waals surface area contributed by atoms with E-state index < -0.39 is 26.7 Å². The number of hydrogen-bond acceptors (Lipinski definition) is 3. The van der Waals surface area contributed by atoms with Gasteiger partial charge in [-0.05, 0) is 87.2 Å². The van der Waals surface area contributed by atoms with Gasteiger partial charge in [-0.15, -0.1) is 0 Å². The Bertz CT molecular complexity index is 989. The minimum atomic E-state index is -4.75. The fourth-order valence-electron chi connectivity index (χ4n) is 7.35. The van der Waals surface area contributed by atoms with Crippen molar-refractivity contribution >= 4 is 15.9 Å². The van der Waals surface area contributed by atoms with E-state index in [1.807, 2.05) is 0 Å². The van der Waals surface area contributed by atoms with Crippen molar-refractivity contribution in [3.05, 3.63) is 29.8 Å². The molecule has 0 radical (unpaired) electrons. The van der Waals surface area contributed by atoms with Crippen LogP contribution in [0.15, 0.2) is 29.2 Å². The van der Waals surface area contributed by atoms with Gasteiger partial charge in [-0.2, -0.15) is 17.5 Å². The van der Waals surface area contributed by atoms with Crippen LogP contribution in [0.25, 0.3) is 0 Å². The van der Waals surface area contributed by atoms with E-state index in [-0.39, 0.29) is 36.9 Å². The average molecular weight is 485 g/mol. The average Bonchev–Trinajstić information content (AvgIpc) is 2.72. The van der Waals surface area contributed by atoms with Crippen LogP contribution in [-0.2, 0) is 21.0 Å². The van der Waals surface area contributed by atoms with Crippen molar-refractivity contribution in [1.82, 2.24) is 9.62 Å². The molecule has 4 bridgehead atoms. The number of nitrogens with one attached hydrogen (secondary N) is 1. The molecule has 33 heavy (non-hydrogen) atoms. The lowest BCUT2D eigenvalue weighted by Crippen LogP contribution is -2.60. The summed E-state index contributed by atoms with van der Waals surface area (Å²) in [6.45, 7) is 0.241. The molecular weight excluding hydrogens is 453 g/mol. The molecule has 4 aliphatic carbocycles. The fourth-order valence-corrected chi connectivity index (χ4v) is 9.12. The third-order valence-electron chi connectivity index (χ3n) is 8.21. The van der Waals surface area contributed by atoms with Crippen LogP contribution in [-0.4, -0.2) is 37.3 Å². The van der Waals surface area contributed by atoms with Crippen LogP contribution in [0.2, 0.25) is 0 Å². The van der Waals surface area contributed by atoms with E-state index in [9.17, 15) is 26.4 Å². The third-order valence-corrected chi connectivity index (χ3v) is 10.1. The van der Waals surface area contributed by atoms with Crippen molar-refractivity contribution in [2.24, 2.45) is 23.7 Å². The molecule has 1 saturated heterocycles. The summed E-state index contributed by atoms with van der Waals surface area (Å²) in [6.07, 6.45) is 3.67. The van der Waals surface area contributed by atoms with E-state index in [0.29, 0.717) is 30.6 Å². The molecule has 6 rings (SSSR count). The number of hydrogen-bond donors (Lipinski definition) is 1. The molecule has 5 fully saturated rings. The highest BCUT2D eigenvalue weighted by atomic mass is 32.2. The molecule has 1 atom stereocenters. The smallest absolute Gasteiger partial charge is 0.351 e. The number of carbonyl (C=O) groups is 1. The Hall–Kier alpha value is -1.61. The maximum absolute atomic E-state index is 13.4. The summed E-state index contributed by atoms with van der Waals surface area (Å²) in [7, 11) is -4.31. The molecule has 1 aliphatic heterocycles. The Kier molecular flexibility index (Phi) is 5.79. The van der Waals surface area contributed by atoms with Gasteiger partial charge in [-0.1, -0.05) is 12.1 Å². The molecule has 1 amide bonds. The van der Waals surface area contributed by atoms with Gasteiger partial charge in [0.2, 0.25) is 15.9 Å². The monoisotopic (exact) mass is 484 g/mol. The van der Waals surface area contributed by atoms with E-state index >= 15 is 0 Å². The molecule has 0 spiro atoms. The highest BCUT2D eigenvalue weighted by Gasteiger charge is 2.51. The van der Waals surface area contributed by atoms with Gasteiger partial charge < -0.3 is 5.32 Å². The summed E-state index contributed by atoms with van der Waals surface area (Å²) in [5, 5.41) is 3.33. The summed E-state index contributed by atoms with van der Waals surface area (Å²) < 4.78 is 67.6. The summed E-state index contributed by atoms with van der Waals surface area (Å²) in [5.41, 5.74) is -1.25. The normalized spacial score (nSPS) is 34.4. The Labute approximate surface area is 193 Å². The summed E-state index contributed by atoms with van der Waals surface area (Å²) >= 11 is 0. The zero-order valence-electron chi connectivity index (χ0n) is 18.6. The lowest BCUT2D eigenvalue weighted by Gasteiger charge is -2.57. The first-order chi connectivity index (χ1) is 15.5. The summed E-state index contributed by atoms with van der Waals surface area (Å²) in [4.78, 5) is 12.3. The molecule has 182 valence electrons. The van der Waals surface area contributed by atoms with Gasteiger partial charge in [0, 0.05) is 25.0 Å². The third kappa shape index (κ3) is 4.55. The molecule has 1 heterocycles. The number of halogens is 3. The number of amides is 1. The highest BCUT2D eigenvalue weighted by molar-refractivity contribution is 7.89. The molecule has 5 nitrogen and oxygen atoms in total. The van der Waals surface area contributed by atoms with Crippen molar-refractivity contribution in [2.75, 3.05) is 13.1 Å². The zero-order valence-corrected chi connectivity index (χ0v) is 19.4. The topological polar surface area (TPSA) is 66.5 Å². The van der Waals surface area contributed by atoms with Gasteiger partial charge in [-0.25, -0.2) is 8.42 Å². The number of alkyl halides is 3. The van der Waals surface area contributed by atoms with Crippen LogP contribution in [0.5, 0.6) is 0 Å². The molecule has 5 aliphatic rings. The van der Waals surface area contributed by atoms with Gasteiger partial charge in [0.05, 0.1) is 10.5 Å². The molecule has 1 aromatic rings. The van der Waals surface area contributed by atoms with Gasteiger partial charge >= 0.3 is 6.18 Å². The molecule has 4 saturated carbocycles. The minimum Gasteiger partial charge on any atom is -0.351 e. The van der Waals surface area contributed by atoms with Gasteiger partial charge in [0.25, 0.3) is 0 Å². The van der Waals surface area contributed by atoms with Crippen LogP contribution in [0.3, 0.4) is 0 Å². The van der Waals surface area contributed by atoms with Crippen LogP contribution < -0.4 is 5.32 Å². The Morgan fingerprint density at radius 2 is 1.67 bits per heavy atom. The maximum atomic E-state index is 13.4. The fraction of sp³-hybridized carbons (Fsp3) is 0.708. The number of sulfonamides is 1. The Balaban J connectivity index is 1.26. The van der Waals surface area contributed by atoms with Crippen LogP contribution in [0, 0.1) is 23.7 Å².